The van der Waals surface area contributed by atoms with E-state index in [1.165, 1.54) is 12.8 Å². The van der Waals surface area contributed by atoms with Gasteiger partial charge in [0.1, 0.15) is 11.5 Å². The lowest BCUT2D eigenvalue weighted by molar-refractivity contribution is -0.482. The van der Waals surface area contributed by atoms with E-state index in [4.69, 9.17) is 0 Å². The molecule has 0 aliphatic carbocycles. The average molecular weight is 173 g/mol. The molecule has 0 rings (SSSR count). The van der Waals surface area contributed by atoms with Gasteiger partial charge in [-0.05, 0) is 13.3 Å². The van der Waals surface area contributed by atoms with Gasteiger partial charge in [0, 0.05) is 6.42 Å². The molecule has 0 unspecified atom stereocenters. The summed E-state index contributed by atoms with van der Waals surface area (Å²) in [4.78, 5) is 10.5. The minimum Gasteiger partial charge on any atom is -0.544 e. The van der Waals surface area contributed by atoms with Crippen molar-refractivity contribution in [2.24, 2.45) is 0 Å². The second kappa shape index (κ2) is 5.14. The zero-order valence-electron chi connectivity index (χ0n) is 8.06. The third-order valence-corrected chi connectivity index (χ3v) is 2.07. The Morgan fingerprint density at radius 2 is 2.00 bits per heavy atom. The lowest BCUT2D eigenvalue weighted by Gasteiger charge is -2.21. The van der Waals surface area contributed by atoms with Crippen molar-refractivity contribution in [2.45, 2.75) is 51.5 Å². The SMILES string of the molecule is CCCCCC[C@](C)([NH3+])C(=O)[O-]. The molecule has 0 aliphatic heterocycles. The fourth-order valence-corrected chi connectivity index (χ4v) is 1.04. The van der Waals surface area contributed by atoms with Gasteiger partial charge in [-0.25, -0.2) is 0 Å². The van der Waals surface area contributed by atoms with Crippen molar-refractivity contribution < 1.29 is 15.6 Å². The second-order valence-electron chi connectivity index (χ2n) is 3.66. The monoisotopic (exact) mass is 173 g/mol. The molecule has 0 amide bonds. The van der Waals surface area contributed by atoms with Crippen molar-refractivity contribution in [3.8, 4) is 0 Å². The van der Waals surface area contributed by atoms with Crippen LogP contribution < -0.4 is 10.8 Å². The van der Waals surface area contributed by atoms with Gasteiger partial charge >= 0.3 is 0 Å². The highest BCUT2D eigenvalue weighted by Gasteiger charge is 2.23. The van der Waals surface area contributed by atoms with Crippen LogP contribution in [0.2, 0.25) is 0 Å². The van der Waals surface area contributed by atoms with E-state index in [9.17, 15) is 9.90 Å². The molecule has 72 valence electrons. The van der Waals surface area contributed by atoms with Crippen LogP contribution in [0.15, 0.2) is 0 Å². The topological polar surface area (TPSA) is 67.8 Å². The van der Waals surface area contributed by atoms with Gasteiger partial charge in [0.15, 0.2) is 0 Å². The molecule has 1 atom stereocenters. The molecule has 3 heteroatoms. The third-order valence-electron chi connectivity index (χ3n) is 2.07. The van der Waals surface area contributed by atoms with E-state index in [0.29, 0.717) is 6.42 Å². The molecule has 0 aromatic carbocycles. The number of aliphatic carboxylic acids is 1. The Morgan fingerprint density at radius 1 is 1.42 bits per heavy atom. The largest absolute Gasteiger partial charge is 0.544 e. The van der Waals surface area contributed by atoms with Crippen molar-refractivity contribution in [1.29, 1.82) is 0 Å². The van der Waals surface area contributed by atoms with Crippen LogP contribution in [-0.2, 0) is 4.79 Å². The molecule has 0 saturated heterocycles. The summed E-state index contributed by atoms with van der Waals surface area (Å²) in [5.74, 6) is -1.04. The van der Waals surface area contributed by atoms with E-state index >= 15 is 0 Å². The quantitative estimate of drug-likeness (QED) is 0.561. The average Bonchev–Trinajstić information content (AvgIpc) is 1.98. The lowest BCUT2D eigenvalue weighted by Crippen LogP contribution is -2.77. The fraction of sp³-hybridized carbons (Fsp3) is 0.889. The Morgan fingerprint density at radius 3 is 2.42 bits per heavy atom. The minimum atomic E-state index is -1.04. The molecular formula is C9H19NO2. The number of hydrogen-bond acceptors (Lipinski definition) is 2. The summed E-state index contributed by atoms with van der Waals surface area (Å²) in [5.41, 5.74) is 2.71. The van der Waals surface area contributed by atoms with Crippen molar-refractivity contribution in [2.75, 3.05) is 0 Å². The maximum atomic E-state index is 10.5. The molecule has 0 aromatic heterocycles. The van der Waals surface area contributed by atoms with Gasteiger partial charge in [0.2, 0.25) is 0 Å². The highest BCUT2D eigenvalue weighted by Crippen LogP contribution is 2.09. The van der Waals surface area contributed by atoms with E-state index in [1.807, 2.05) is 0 Å². The van der Waals surface area contributed by atoms with Gasteiger partial charge in [-0.3, -0.25) is 0 Å². The van der Waals surface area contributed by atoms with Crippen molar-refractivity contribution >= 4 is 5.97 Å². The molecule has 0 saturated carbocycles. The smallest absolute Gasteiger partial charge is 0.132 e. The number of rotatable bonds is 6. The summed E-state index contributed by atoms with van der Waals surface area (Å²) in [6, 6.07) is 0. The minimum absolute atomic E-state index is 0.620. The molecule has 0 radical (unpaired) electrons. The maximum Gasteiger partial charge on any atom is 0.132 e. The summed E-state index contributed by atoms with van der Waals surface area (Å²) in [6.45, 7) is 3.75. The van der Waals surface area contributed by atoms with Gasteiger partial charge in [-0.1, -0.05) is 26.2 Å². The zero-order valence-corrected chi connectivity index (χ0v) is 8.06. The van der Waals surface area contributed by atoms with Crippen LogP contribution in [0.5, 0.6) is 0 Å². The van der Waals surface area contributed by atoms with Crippen LogP contribution in [0.4, 0.5) is 0 Å². The Bertz CT molecular complexity index is 143. The maximum absolute atomic E-state index is 10.5. The van der Waals surface area contributed by atoms with Gasteiger partial charge < -0.3 is 15.6 Å². The first-order valence-electron chi connectivity index (χ1n) is 4.57. The molecule has 0 fully saturated rings. The summed E-state index contributed by atoms with van der Waals surface area (Å²) >= 11 is 0. The number of carboxylic acids is 1. The summed E-state index contributed by atoms with van der Waals surface area (Å²) in [7, 11) is 0. The molecule has 0 spiro atoms. The Kier molecular flexibility index (Phi) is 4.90. The molecule has 3 nitrogen and oxygen atoms in total. The van der Waals surface area contributed by atoms with Gasteiger partial charge in [0.05, 0.1) is 0 Å². The van der Waals surface area contributed by atoms with Crippen LogP contribution in [0.25, 0.3) is 0 Å². The standard InChI is InChI=1S/C9H19NO2/c1-3-4-5-6-7-9(2,10)8(11)12/h3-7,10H2,1-2H3,(H,11,12)/t9-/m0/s1. The molecular weight excluding hydrogens is 154 g/mol. The number of hydrogen-bond donors (Lipinski definition) is 1. The van der Waals surface area contributed by atoms with Crippen LogP contribution >= 0.6 is 0 Å². The number of unbranched alkanes of at least 4 members (excludes halogenated alkanes) is 3. The van der Waals surface area contributed by atoms with E-state index in [0.717, 1.165) is 12.8 Å². The summed E-state index contributed by atoms with van der Waals surface area (Å²) < 4.78 is 0. The predicted octanol–water partition coefficient (Wildman–Crippen LogP) is -0.293. The second-order valence-corrected chi connectivity index (χ2v) is 3.66. The van der Waals surface area contributed by atoms with E-state index in [1.54, 1.807) is 6.92 Å². The molecule has 0 aromatic rings. The number of carboxylic acid groups (broad SMARTS) is 1. The van der Waals surface area contributed by atoms with Crippen molar-refractivity contribution in [3.63, 3.8) is 0 Å². The van der Waals surface area contributed by atoms with Crippen LogP contribution in [0.1, 0.15) is 46.0 Å². The van der Waals surface area contributed by atoms with Crippen molar-refractivity contribution in [3.05, 3.63) is 0 Å². The first-order chi connectivity index (χ1) is 5.50. The Balaban J connectivity index is 3.54. The Labute approximate surface area is 74.0 Å². The first-order valence-corrected chi connectivity index (χ1v) is 4.57. The normalized spacial score (nSPS) is 15.6. The highest BCUT2D eigenvalue weighted by molar-refractivity contribution is 5.73. The number of carbonyl (C=O) groups excluding carboxylic acids is 1. The first kappa shape index (κ1) is 11.4. The van der Waals surface area contributed by atoms with Crippen LogP contribution in [0, 0.1) is 0 Å². The van der Waals surface area contributed by atoms with Gasteiger partial charge in [0.25, 0.3) is 0 Å². The van der Waals surface area contributed by atoms with Gasteiger partial charge in [-0.2, -0.15) is 0 Å². The molecule has 12 heavy (non-hydrogen) atoms. The molecule has 3 N–H and O–H groups in total. The summed E-state index contributed by atoms with van der Waals surface area (Å²) in [5, 5.41) is 10.5. The highest BCUT2D eigenvalue weighted by atomic mass is 16.4. The predicted molar refractivity (Wildman–Crippen MR) is 45.1 cm³/mol. The van der Waals surface area contributed by atoms with Crippen LogP contribution in [0.3, 0.4) is 0 Å². The van der Waals surface area contributed by atoms with Gasteiger partial charge in [-0.15, -0.1) is 0 Å². The van der Waals surface area contributed by atoms with Crippen LogP contribution in [-0.4, -0.2) is 11.5 Å². The zero-order chi connectivity index (χ0) is 9.61. The van der Waals surface area contributed by atoms with E-state index in [2.05, 4.69) is 12.7 Å². The molecule has 0 heterocycles. The lowest BCUT2D eigenvalue weighted by atomic mass is 9.96. The number of carbonyl (C=O) groups is 1. The van der Waals surface area contributed by atoms with Crippen molar-refractivity contribution in [1.82, 2.24) is 0 Å². The summed E-state index contributed by atoms with van der Waals surface area (Å²) in [6.07, 6.45) is 4.98. The molecule has 0 aliphatic rings. The fourth-order valence-electron chi connectivity index (χ4n) is 1.04. The van der Waals surface area contributed by atoms with E-state index < -0.39 is 11.5 Å². The third kappa shape index (κ3) is 4.34. The number of quaternary nitrogens is 1. The molecule has 0 bridgehead atoms. The van der Waals surface area contributed by atoms with E-state index in [-0.39, 0.29) is 0 Å². The Hall–Kier alpha value is -0.570.